The van der Waals surface area contributed by atoms with E-state index in [2.05, 4.69) is 5.32 Å². The van der Waals surface area contributed by atoms with Gasteiger partial charge in [0.1, 0.15) is 11.6 Å². The Kier molecular flexibility index (Phi) is 2.17. The molecule has 1 aromatic carbocycles. The lowest BCUT2D eigenvalue weighted by Crippen LogP contribution is -2.09. The van der Waals surface area contributed by atoms with E-state index in [0.717, 1.165) is 6.07 Å². The molecule has 0 saturated heterocycles. The zero-order valence-corrected chi connectivity index (χ0v) is 8.27. The van der Waals surface area contributed by atoms with Crippen LogP contribution in [0.25, 0.3) is 0 Å². The highest BCUT2D eigenvalue weighted by molar-refractivity contribution is 5.58. The molecule has 2 rings (SSSR count). The molecule has 1 aliphatic rings. The maximum Gasteiger partial charge on any atom is 0.131 e. The van der Waals surface area contributed by atoms with Gasteiger partial charge < -0.3 is 5.32 Å². The fourth-order valence-corrected chi connectivity index (χ4v) is 2.00. The van der Waals surface area contributed by atoms with E-state index < -0.39 is 11.6 Å². The number of rotatable bonds is 1. The van der Waals surface area contributed by atoms with Gasteiger partial charge >= 0.3 is 0 Å². The van der Waals surface area contributed by atoms with Gasteiger partial charge in [-0.3, -0.25) is 0 Å². The first kappa shape index (κ1) is 9.44. The molecule has 1 nitrogen and oxygen atoms in total. The van der Waals surface area contributed by atoms with Crippen molar-refractivity contribution >= 4 is 5.69 Å². The summed E-state index contributed by atoms with van der Waals surface area (Å²) < 4.78 is 26.4. The molecule has 76 valence electrons. The number of anilines is 1. The summed E-state index contributed by atoms with van der Waals surface area (Å²) in [5, 5.41) is 3.03. The van der Waals surface area contributed by atoms with Gasteiger partial charge in [-0.2, -0.15) is 0 Å². The van der Waals surface area contributed by atoms with E-state index in [9.17, 15) is 8.78 Å². The summed E-state index contributed by atoms with van der Waals surface area (Å²) >= 11 is 0. The van der Waals surface area contributed by atoms with Crippen molar-refractivity contribution in [2.75, 3.05) is 11.9 Å². The Morgan fingerprint density at radius 3 is 2.71 bits per heavy atom. The molecule has 1 atom stereocenters. The minimum absolute atomic E-state index is 0.158. The van der Waals surface area contributed by atoms with E-state index >= 15 is 0 Å². The van der Waals surface area contributed by atoms with E-state index in [1.165, 1.54) is 6.07 Å². The molecular formula is C11H13F2N. The lowest BCUT2D eigenvalue weighted by Gasteiger charge is -2.14. The van der Waals surface area contributed by atoms with Gasteiger partial charge in [0, 0.05) is 29.8 Å². The predicted molar refractivity (Wildman–Crippen MR) is 52.4 cm³/mol. The Balaban J connectivity index is 2.49. The second-order valence-corrected chi connectivity index (χ2v) is 4.08. The van der Waals surface area contributed by atoms with Crippen LogP contribution in [0.1, 0.15) is 25.3 Å². The Hall–Kier alpha value is -1.12. The zero-order chi connectivity index (χ0) is 10.3. The van der Waals surface area contributed by atoms with E-state index in [0.29, 0.717) is 23.7 Å². The van der Waals surface area contributed by atoms with Crippen LogP contribution >= 0.6 is 0 Å². The lowest BCUT2D eigenvalue weighted by atomic mass is 9.90. The first-order chi connectivity index (χ1) is 6.59. The maximum atomic E-state index is 13.5. The molecule has 0 saturated carbocycles. The van der Waals surface area contributed by atoms with Crippen molar-refractivity contribution in [2.24, 2.45) is 5.92 Å². The third-order valence-corrected chi connectivity index (χ3v) is 2.78. The molecule has 1 N–H and O–H groups in total. The van der Waals surface area contributed by atoms with Crippen LogP contribution in [-0.2, 0) is 0 Å². The standard InChI is InChI=1S/C11H13F2N/c1-6(2)8-5-14-10-4-7(12)3-9(13)11(8)10/h3-4,6,8,14H,5H2,1-2H3. The zero-order valence-electron chi connectivity index (χ0n) is 8.27. The highest BCUT2D eigenvalue weighted by Gasteiger charge is 2.28. The number of nitrogens with one attached hydrogen (secondary N) is 1. The number of halogens is 2. The third kappa shape index (κ3) is 1.37. The Morgan fingerprint density at radius 1 is 1.36 bits per heavy atom. The summed E-state index contributed by atoms with van der Waals surface area (Å²) in [7, 11) is 0. The van der Waals surface area contributed by atoms with Crippen molar-refractivity contribution in [1.82, 2.24) is 0 Å². The summed E-state index contributed by atoms with van der Waals surface area (Å²) in [6, 6.07) is 2.32. The highest BCUT2D eigenvalue weighted by atomic mass is 19.1. The molecule has 1 unspecified atom stereocenters. The maximum absolute atomic E-state index is 13.5. The van der Waals surface area contributed by atoms with Gasteiger partial charge in [-0.25, -0.2) is 8.78 Å². The number of benzene rings is 1. The molecule has 0 aliphatic carbocycles. The fourth-order valence-electron chi connectivity index (χ4n) is 2.00. The van der Waals surface area contributed by atoms with Crippen molar-refractivity contribution in [1.29, 1.82) is 0 Å². The Morgan fingerprint density at radius 2 is 2.07 bits per heavy atom. The molecular weight excluding hydrogens is 184 g/mol. The quantitative estimate of drug-likeness (QED) is 0.729. The minimum Gasteiger partial charge on any atom is -0.384 e. The van der Waals surface area contributed by atoms with Crippen LogP contribution in [0.4, 0.5) is 14.5 Å². The minimum atomic E-state index is -0.516. The fraction of sp³-hybridized carbons (Fsp3) is 0.455. The molecule has 0 spiro atoms. The third-order valence-electron chi connectivity index (χ3n) is 2.78. The molecule has 1 aliphatic heterocycles. The Labute approximate surface area is 82.1 Å². The van der Waals surface area contributed by atoms with Gasteiger partial charge in [-0.1, -0.05) is 13.8 Å². The molecule has 1 heterocycles. The van der Waals surface area contributed by atoms with Crippen LogP contribution in [0.3, 0.4) is 0 Å². The predicted octanol–water partition coefficient (Wildman–Crippen LogP) is 3.13. The largest absolute Gasteiger partial charge is 0.384 e. The van der Waals surface area contributed by atoms with Crippen molar-refractivity contribution in [3.05, 3.63) is 29.3 Å². The van der Waals surface area contributed by atoms with Crippen molar-refractivity contribution in [3.63, 3.8) is 0 Å². The second kappa shape index (κ2) is 3.23. The highest BCUT2D eigenvalue weighted by Crippen LogP contribution is 2.38. The van der Waals surface area contributed by atoms with Gasteiger partial charge in [-0.15, -0.1) is 0 Å². The molecule has 14 heavy (non-hydrogen) atoms. The summed E-state index contributed by atoms with van der Waals surface area (Å²) in [6.45, 7) is 4.79. The van der Waals surface area contributed by atoms with E-state index in [1.807, 2.05) is 13.8 Å². The van der Waals surface area contributed by atoms with E-state index in [-0.39, 0.29) is 5.92 Å². The van der Waals surface area contributed by atoms with Gasteiger partial charge in [0.15, 0.2) is 0 Å². The summed E-state index contributed by atoms with van der Waals surface area (Å²) in [5.41, 5.74) is 1.25. The van der Waals surface area contributed by atoms with Crippen LogP contribution in [0.2, 0.25) is 0 Å². The van der Waals surface area contributed by atoms with Gasteiger partial charge in [0.2, 0.25) is 0 Å². The van der Waals surface area contributed by atoms with Crippen molar-refractivity contribution < 1.29 is 8.78 Å². The molecule has 3 heteroatoms. The molecule has 0 amide bonds. The number of fused-ring (bicyclic) bond motifs is 1. The van der Waals surface area contributed by atoms with Gasteiger partial charge in [0.05, 0.1) is 0 Å². The SMILES string of the molecule is CC(C)C1CNc2cc(F)cc(F)c21. The number of hydrogen-bond donors (Lipinski definition) is 1. The molecule has 0 aromatic heterocycles. The smallest absolute Gasteiger partial charge is 0.131 e. The molecule has 0 fully saturated rings. The van der Waals surface area contributed by atoms with Crippen LogP contribution in [0.15, 0.2) is 12.1 Å². The Bertz CT molecular complexity index is 361. The average Bonchev–Trinajstić information content (AvgIpc) is 2.47. The second-order valence-electron chi connectivity index (χ2n) is 4.08. The topological polar surface area (TPSA) is 12.0 Å². The van der Waals surface area contributed by atoms with Crippen LogP contribution in [-0.4, -0.2) is 6.54 Å². The van der Waals surface area contributed by atoms with E-state index in [1.54, 1.807) is 0 Å². The average molecular weight is 197 g/mol. The van der Waals surface area contributed by atoms with Gasteiger partial charge in [0.25, 0.3) is 0 Å². The van der Waals surface area contributed by atoms with Crippen molar-refractivity contribution in [3.8, 4) is 0 Å². The normalized spacial score (nSPS) is 19.6. The first-order valence-electron chi connectivity index (χ1n) is 4.82. The summed E-state index contributed by atoms with van der Waals surface area (Å²) in [6.07, 6.45) is 0. The first-order valence-corrected chi connectivity index (χ1v) is 4.82. The number of hydrogen-bond acceptors (Lipinski definition) is 1. The van der Waals surface area contributed by atoms with Crippen LogP contribution in [0.5, 0.6) is 0 Å². The van der Waals surface area contributed by atoms with Crippen LogP contribution < -0.4 is 5.32 Å². The lowest BCUT2D eigenvalue weighted by molar-refractivity contribution is 0.500. The summed E-state index contributed by atoms with van der Waals surface area (Å²) in [4.78, 5) is 0. The molecule has 0 radical (unpaired) electrons. The monoisotopic (exact) mass is 197 g/mol. The summed E-state index contributed by atoms with van der Waals surface area (Å²) in [5.74, 6) is -0.420. The van der Waals surface area contributed by atoms with E-state index in [4.69, 9.17) is 0 Å². The molecule has 0 bridgehead atoms. The van der Waals surface area contributed by atoms with Crippen molar-refractivity contribution in [2.45, 2.75) is 19.8 Å². The molecule has 1 aromatic rings. The van der Waals surface area contributed by atoms with Crippen LogP contribution in [0, 0.1) is 17.6 Å². The van der Waals surface area contributed by atoms with Gasteiger partial charge in [-0.05, 0) is 12.0 Å².